The number of fused-ring (bicyclic) bond motifs is 1. The number of piperazine rings is 1. The average molecular weight is 277 g/mol. The largest absolute Gasteiger partial charge is 0.366 e. The Morgan fingerprint density at radius 1 is 1.25 bits per heavy atom. The first-order valence-electron chi connectivity index (χ1n) is 7.70. The maximum Gasteiger partial charge on any atom is 0.146 e. The van der Waals surface area contributed by atoms with Crippen LogP contribution < -0.4 is 10.6 Å². The molecule has 2 saturated heterocycles. The van der Waals surface area contributed by atoms with E-state index >= 15 is 0 Å². The summed E-state index contributed by atoms with van der Waals surface area (Å²) in [6.45, 7) is 6.00. The van der Waals surface area contributed by atoms with Gasteiger partial charge in [-0.15, -0.1) is 0 Å². The molecule has 20 heavy (non-hydrogen) atoms. The number of benzene rings is 1. The van der Waals surface area contributed by atoms with E-state index in [1.165, 1.54) is 25.8 Å². The van der Waals surface area contributed by atoms with Gasteiger partial charge in [-0.25, -0.2) is 4.39 Å². The molecule has 2 aliphatic heterocycles. The standard InChI is InChI=1S/C16H24FN3/c1-12(18)14-6-4-7-15(17)16(14)20-10-9-19-8-3-2-5-13(19)11-20/h4,6-7,12-13H,2-3,5,8-11,18H2,1H3/t12-,13?/m1/s1. The number of nitrogens with zero attached hydrogens (tertiary/aromatic N) is 2. The zero-order chi connectivity index (χ0) is 14.1. The topological polar surface area (TPSA) is 32.5 Å². The highest BCUT2D eigenvalue weighted by Crippen LogP contribution is 2.31. The molecule has 2 N–H and O–H groups in total. The van der Waals surface area contributed by atoms with E-state index in [4.69, 9.17) is 5.73 Å². The van der Waals surface area contributed by atoms with Crippen LogP contribution in [0.3, 0.4) is 0 Å². The van der Waals surface area contributed by atoms with Gasteiger partial charge in [0.15, 0.2) is 0 Å². The normalized spacial score (nSPS) is 25.4. The van der Waals surface area contributed by atoms with Gasteiger partial charge < -0.3 is 10.6 Å². The van der Waals surface area contributed by atoms with Crippen LogP contribution in [-0.4, -0.2) is 37.1 Å². The van der Waals surface area contributed by atoms with Crippen LogP contribution >= 0.6 is 0 Å². The van der Waals surface area contributed by atoms with Gasteiger partial charge in [0.2, 0.25) is 0 Å². The van der Waals surface area contributed by atoms with Gasteiger partial charge >= 0.3 is 0 Å². The third-order valence-electron chi connectivity index (χ3n) is 4.66. The molecule has 2 heterocycles. The molecule has 1 aromatic rings. The van der Waals surface area contributed by atoms with Crippen LogP contribution in [0.1, 0.15) is 37.8 Å². The number of para-hydroxylation sites is 1. The predicted octanol–water partition coefficient (Wildman–Crippen LogP) is 2.52. The molecule has 0 amide bonds. The van der Waals surface area contributed by atoms with E-state index in [-0.39, 0.29) is 11.9 Å². The van der Waals surface area contributed by atoms with E-state index in [9.17, 15) is 4.39 Å². The SMILES string of the molecule is C[C@@H](N)c1cccc(F)c1N1CCN2CCCCC2C1. The van der Waals surface area contributed by atoms with Crippen LogP contribution in [-0.2, 0) is 0 Å². The Labute approximate surface area is 120 Å². The molecule has 3 nitrogen and oxygen atoms in total. The van der Waals surface area contributed by atoms with Crippen LogP contribution in [0.4, 0.5) is 10.1 Å². The highest BCUT2D eigenvalue weighted by molar-refractivity contribution is 5.56. The Balaban J connectivity index is 1.86. The van der Waals surface area contributed by atoms with Gasteiger partial charge in [0.25, 0.3) is 0 Å². The van der Waals surface area contributed by atoms with Crippen molar-refractivity contribution < 1.29 is 4.39 Å². The van der Waals surface area contributed by atoms with Gasteiger partial charge in [-0.05, 0) is 37.9 Å². The van der Waals surface area contributed by atoms with E-state index in [1.807, 2.05) is 13.0 Å². The molecule has 4 heteroatoms. The lowest BCUT2D eigenvalue weighted by Crippen LogP contribution is -2.55. The zero-order valence-electron chi connectivity index (χ0n) is 12.2. The van der Waals surface area contributed by atoms with E-state index in [2.05, 4.69) is 9.80 Å². The van der Waals surface area contributed by atoms with Crippen LogP contribution in [0.15, 0.2) is 18.2 Å². The van der Waals surface area contributed by atoms with Crippen LogP contribution in [0.5, 0.6) is 0 Å². The summed E-state index contributed by atoms with van der Waals surface area (Å²) in [5, 5.41) is 0. The molecule has 0 spiro atoms. The Kier molecular flexibility index (Phi) is 3.94. The minimum absolute atomic E-state index is 0.134. The second kappa shape index (κ2) is 5.70. The molecule has 1 aromatic carbocycles. The summed E-state index contributed by atoms with van der Waals surface area (Å²) in [4.78, 5) is 4.77. The highest BCUT2D eigenvalue weighted by atomic mass is 19.1. The molecular weight excluding hydrogens is 253 g/mol. The van der Waals surface area contributed by atoms with Crippen molar-refractivity contribution >= 4 is 5.69 Å². The first kappa shape index (κ1) is 13.8. The van der Waals surface area contributed by atoms with E-state index < -0.39 is 0 Å². The fourth-order valence-corrected chi connectivity index (χ4v) is 3.59. The monoisotopic (exact) mass is 277 g/mol. The molecule has 110 valence electrons. The van der Waals surface area contributed by atoms with Gasteiger partial charge in [-0.1, -0.05) is 18.6 Å². The fourth-order valence-electron chi connectivity index (χ4n) is 3.59. The summed E-state index contributed by atoms with van der Waals surface area (Å²) in [5.74, 6) is -0.135. The first-order valence-corrected chi connectivity index (χ1v) is 7.70. The predicted molar refractivity (Wildman–Crippen MR) is 80.4 cm³/mol. The lowest BCUT2D eigenvalue weighted by molar-refractivity contribution is 0.133. The van der Waals surface area contributed by atoms with Gasteiger partial charge in [0.1, 0.15) is 5.82 Å². The van der Waals surface area contributed by atoms with Gasteiger partial charge in [-0.3, -0.25) is 4.90 Å². The van der Waals surface area contributed by atoms with E-state index in [1.54, 1.807) is 12.1 Å². The number of anilines is 1. The van der Waals surface area contributed by atoms with Crippen molar-refractivity contribution in [2.24, 2.45) is 5.73 Å². The first-order chi connectivity index (χ1) is 9.66. The zero-order valence-corrected chi connectivity index (χ0v) is 12.2. The third kappa shape index (κ3) is 2.54. The molecule has 0 aromatic heterocycles. The van der Waals surface area contributed by atoms with E-state index in [0.29, 0.717) is 6.04 Å². The molecule has 1 unspecified atom stereocenters. The number of halogens is 1. The third-order valence-corrected chi connectivity index (χ3v) is 4.66. The number of piperidine rings is 1. The van der Waals surface area contributed by atoms with Gasteiger partial charge in [-0.2, -0.15) is 0 Å². The molecule has 0 bridgehead atoms. The van der Waals surface area contributed by atoms with Crippen molar-refractivity contribution in [1.29, 1.82) is 0 Å². The summed E-state index contributed by atoms with van der Waals surface area (Å²) in [6, 6.07) is 5.71. The second-order valence-corrected chi connectivity index (χ2v) is 6.10. The van der Waals surface area contributed by atoms with Crippen LogP contribution in [0, 0.1) is 5.82 Å². The Morgan fingerprint density at radius 3 is 2.90 bits per heavy atom. The van der Waals surface area contributed by atoms with Gasteiger partial charge in [0.05, 0.1) is 5.69 Å². The average Bonchev–Trinajstić information content (AvgIpc) is 2.46. The Bertz CT molecular complexity index is 475. The molecule has 0 radical (unpaired) electrons. The lowest BCUT2D eigenvalue weighted by atomic mass is 9.97. The summed E-state index contributed by atoms with van der Waals surface area (Å²) >= 11 is 0. The smallest absolute Gasteiger partial charge is 0.146 e. The van der Waals surface area contributed by atoms with Crippen LogP contribution in [0.25, 0.3) is 0 Å². The molecular formula is C16H24FN3. The van der Waals surface area contributed by atoms with Crippen molar-refractivity contribution in [1.82, 2.24) is 4.90 Å². The van der Waals surface area contributed by atoms with E-state index in [0.717, 1.165) is 30.9 Å². The minimum Gasteiger partial charge on any atom is -0.366 e. The summed E-state index contributed by atoms with van der Waals surface area (Å²) in [6.07, 6.45) is 3.84. The van der Waals surface area contributed by atoms with Crippen molar-refractivity contribution in [2.75, 3.05) is 31.1 Å². The number of hydrogen-bond acceptors (Lipinski definition) is 3. The molecule has 2 atom stereocenters. The molecule has 0 aliphatic carbocycles. The van der Waals surface area contributed by atoms with Crippen molar-refractivity contribution in [3.63, 3.8) is 0 Å². The summed E-state index contributed by atoms with van der Waals surface area (Å²) in [7, 11) is 0. The van der Waals surface area contributed by atoms with Gasteiger partial charge in [0, 0.05) is 31.7 Å². The Morgan fingerprint density at radius 2 is 2.10 bits per heavy atom. The summed E-state index contributed by atoms with van der Waals surface area (Å²) in [5.41, 5.74) is 7.67. The van der Waals surface area contributed by atoms with Crippen molar-refractivity contribution in [3.05, 3.63) is 29.6 Å². The molecule has 2 fully saturated rings. The minimum atomic E-state index is -0.135. The van der Waals surface area contributed by atoms with Crippen molar-refractivity contribution in [3.8, 4) is 0 Å². The van der Waals surface area contributed by atoms with Crippen LogP contribution in [0.2, 0.25) is 0 Å². The van der Waals surface area contributed by atoms with Crippen molar-refractivity contribution in [2.45, 2.75) is 38.3 Å². The number of hydrogen-bond donors (Lipinski definition) is 1. The number of rotatable bonds is 2. The second-order valence-electron chi connectivity index (χ2n) is 6.10. The molecule has 3 rings (SSSR count). The quantitative estimate of drug-likeness (QED) is 0.901. The maximum atomic E-state index is 14.3. The molecule has 2 aliphatic rings. The number of nitrogens with two attached hydrogens (primary N) is 1. The fraction of sp³-hybridized carbons (Fsp3) is 0.625. The lowest BCUT2D eigenvalue weighted by Gasteiger charge is -2.45. The summed E-state index contributed by atoms with van der Waals surface area (Å²) < 4.78 is 14.3. The highest BCUT2D eigenvalue weighted by Gasteiger charge is 2.31. The maximum absolute atomic E-state index is 14.3. The molecule has 0 saturated carbocycles. The Hall–Kier alpha value is -1.13.